The maximum atomic E-state index is 5.75. The number of aryl methyl sites for hydroxylation is 2. The molecule has 1 atom stereocenters. The molecule has 0 unspecified atom stereocenters. The summed E-state index contributed by atoms with van der Waals surface area (Å²) in [5.74, 6) is 0. The van der Waals surface area contributed by atoms with Gasteiger partial charge in [-0.15, -0.1) is 0 Å². The number of anilines is 1. The summed E-state index contributed by atoms with van der Waals surface area (Å²) in [5.41, 5.74) is 3.74. The molecule has 21 heavy (non-hydrogen) atoms. The molecule has 3 heteroatoms. The molecule has 0 aromatic heterocycles. The van der Waals surface area contributed by atoms with Crippen molar-refractivity contribution >= 4 is 22.9 Å². The average Bonchev–Trinajstić information content (AvgIpc) is 2.49. The van der Waals surface area contributed by atoms with Crippen molar-refractivity contribution in [2.24, 2.45) is 0 Å². The van der Waals surface area contributed by atoms with Gasteiger partial charge in [0.2, 0.25) is 0 Å². The van der Waals surface area contributed by atoms with E-state index < -0.39 is 0 Å². The normalized spacial score (nSPS) is 19.5. The summed E-state index contributed by atoms with van der Waals surface area (Å²) in [6.07, 6.45) is 6.32. The minimum absolute atomic E-state index is 0.416. The summed E-state index contributed by atoms with van der Waals surface area (Å²) in [6.45, 7) is 8.92. The number of unbranched alkanes of at least 4 members (excludes halogenated alkanes) is 1. The first-order valence-electron chi connectivity index (χ1n) is 8.24. The zero-order chi connectivity index (χ0) is 15.2. The van der Waals surface area contributed by atoms with Crippen molar-refractivity contribution in [3.05, 3.63) is 29.3 Å². The molecular formula is C18H28N2S. The summed E-state index contributed by atoms with van der Waals surface area (Å²) < 4.78 is 0. The van der Waals surface area contributed by atoms with Crippen LogP contribution in [-0.4, -0.2) is 29.0 Å². The number of hydrogen-bond acceptors (Lipinski definition) is 2. The van der Waals surface area contributed by atoms with Gasteiger partial charge >= 0.3 is 0 Å². The van der Waals surface area contributed by atoms with Crippen LogP contribution in [0.15, 0.2) is 18.2 Å². The van der Waals surface area contributed by atoms with Crippen LogP contribution in [0.25, 0.3) is 0 Å². The van der Waals surface area contributed by atoms with Crippen molar-refractivity contribution in [3.63, 3.8) is 0 Å². The van der Waals surface area contributed by atoms with E-state index in [1.54, 1.807) is 0 Å². The molecule has 2 nitrogen and oxygen atoms in total. The Bertz CT molecular complexity index is 464. The lowest BCUT2D eigenvalue weighted by Gasteiger charge is -2.36. The number of benzene rings is 1. The van der Waals surface area contributed by atoms with Crippen molar-refractivity contribution in [2.75, 3.05) is 18.4 Å². The number of rotatable bonds is 5. The number of para-hydroxylation sites is 1. The van der Waals surface area contributed by atoms with Gasteiger partial charge in [0.25, 0.3) is 0 Å². The number of nitrogens with one attached hydrogen (secondary N) is 1. The van der Waals surface area contributed by atoms with Crippen LogP contribution in [0.5, 0.6) is 0 Å². The zero-order valence-corrected chi connectivity index (χ0v) is 14.4. The molecule has 1 N–H and O–H groups in total. The highest BCUT2D eigenvalue weighted by molar-refractivity contribution is 7.80. The van der Waals surface area contributed by atoms with Crippen LogP contribution in [0.2, 0.25) is 0 Å². The van der Waals surface area contributed by atoms with Gasteiger partial charge in [-0.3, -0.25) is 4.90 Å². The van der Waals surface area contributed by atoms with Gasteiger partial charge in [-0.2, -0.15) is 0 Å². The average molecular weight is 305 g/mol. The molecule has 0 aliphatic carbocycles. The molecule has 2 rings (SSSR count). The standard InChI is InChI=1S/C18H28N2S/c1-4-5-12-20-13-7-6-11-16(20)18(21)19-17-14(2)9-8-10-15(17)3/h8-10,16H,4-7,11-13H2,1-3H3,(H,19,21)/t16-/m0/s1. The van der Waals surface area contributed by atoms with Gasteiger partial charge in [-0.05, 0) is 57.3 Å². The van der Waals surface area contributed by atoms with E-state index in [0.717, 1.165) is 4.99 Å². The number of nitrogens with zero attached hydrogens (tertiary/aromatic N) is 1. The third-order valence-electron chi connectivity index (χ3n) is 4.44. The molecule has 1 aliphatic rings. The van der Waals surface area contributed by atoms with Gasteiger partial charge in [0.1, 0.15) is 0 Å². The van der Waals surface area contributed by atoms with Crippen molar-refractivity contribution in [2.45, 2.75) is 58.9 Å². The van der Waals surface area contributed by atoms with Gasteiger partial charge in [-0.25, -0.2) is 0 Å². The number of likely N-dealkylation sites (tertiary alicyclic amines) is 1. The molecule has 0 bridgehead atoms. The van der Waals surface area contributed by atoms with Gasteiger partial charge in [0, 0.05) is 5.69 Å². The van der Waals surface area contributed by atoms with Gasteiger partial charge < -0.3 is 5.32 Å². The summed E-state index contributed by atoms with van der Waals surface area (Å²) in [4.78, 5) is 3.58. The quantitative estimate of drug-likeness (QED) is 0.794. The van der Waals surface area contributed by atoms with E-state index >= 15 is 0 Å². The number of thiocarbonyl (C=S) groups is 1. The summed E-state index contributed by atoms with van der Waals surface area (Å²) in [5, 5.41) is 3.54. The molecule has 0 amide bonds. The Hall–Kier alpha value is -0.930. The summed E-state index contributed by atoms with van der Waals surface area (Å²) in [6, 6.07) is 6.81. The van der Waals surface area contributed by atoms with Crippen LogP contribution in [0, 0.1) is 13.8 Å². The Labute approximate surface area is 134 Å². The Morgan fingerprint density at radius 2 is 2.00 bits per heavy atom. The van der Waals surface area contributed by atoms with Crippen LogP contribution >= 0.6 is 12.2 Å². The lowest BCUT2D eigenvalue weighted by molar-refractivity contribution is 0.191. The second-order valence-corrected chi connectivity index (χ2v) is 6.60. The van der Waals surface area contributed by atoms with E-state index in [-0.39, 0.29) is 0 Å². The molecule has 1 fully saturated rings. The van der Waals surface area contributed by atoms with Gasteiger partial charge in [-0.1, -0.05) is 50.2 Å². The second-order valence-electron chi connectivity index (χ2n) is 6.16. The maximum absolute atomic E-state index is 5.75. The summed E-state index contributed by atoms with van der Waals surface area (Å²) in [7, 11) is 0. The lowest BCUT2D eigenvalue weighted by atomic mass is 10.0. The maximum Gasteiger partial charge on any atom is 0.0972 e. The Balaban J connectivity index is 2.07. The number of hydrogen-bond donors (Lipinski definition) is 1. The third-order valence-corrected chi connectivity index (χ3v) is 4.82. The van der Waals surface area contributed by atoms with E-state index in [4.69, 9.17) is 12.2 Å². The second kappa shape index (κ2) is 7.90. The molecule has 1 aromatic rings. The molecule has 1 aromatic carbocycles. The van der Waals surface area contributed by atoms with Crippen LogP contribution in [0.1, 0.15) is 50.2 Å². The monoisotopic (exact) mass is 304 g/mol. The summed E-state index contributed by atoms with van der Waals surface area (Å²) >= 11 is 5.75. The lowest BCUT2D eigenvalue weighted by Crippen LogP contribution is -2.46. The van der Waals surface area contributed by atoms with E-state index in [1.807, 2.05) is 0 Å². The van der Waals surface area contributed by atoms with Crippen molar-refractivity contribution < 1.29 is 0 Å². The molecule has 0 radical (unpaired) electrons. The molecule has 0 spiro atoms. The Morgan fingerprint density at radius 3 is 2.67 bits per heavy atom. The highest BCUT2D eigenvalue weighted by Crippen LogP contribution is 2.24. The van der Waals surface area contributed by atoms with E-state index in [2.05, 4.69) is 49.2 Å². The first-order valence-corrected chi connectivity index (χ1v) is 8.65. The largest absolute Gasteiger partial charge is 0.348 e. The highest BCUT2D eigenvalue weighted by Gasteiger charge is 2.25. The molecular weight excluding hydrogens is 276 g/mol. The zero-order valence-electron chi connectivity index (χ0n) is 13.6. The molecule has 1 saturated heterocycles. The van der Waals surface area contributed by atoms with Crippen LogP contribution < -0.4 is 5.32 Å². The minimum Gasteiger partial charge on any atom is -0.348 e. The molecule has 1 aliphatic heterocycles. The molecule has 116 valence electrons. The third kappa shape index (κ3) is 4.27. The van der Waals surface area contributed by atoms with Gasteiger partial charge in [0.15, 0.2) is 0 Å². The number of piperidine rings is 1. The minimum atomic E-state index is 0.416. The first kappa shape index (κ1) is 16.4. The van der Waals surface area contributed by atoms with E-state index in [1.165, 1.54) is 62.0 Å². The molecule has 1 heterocycles. The van der Waals surface area contributed by atoms with Crippen molar-refractivity contribution in [1.82, 2.24) is 4.90 Å². The van der Waals surface area contributed by atoms with Crippen LogP contribution in [0.4, 0.5) is 5.69 Å². The van der Waals surface area contributed by atoms with Gasteiger partial charge in [0.05, 0.1) is 11.0 Å². The SMILES string of the molecule is CCCCN1CCCC[C@H]1C(=S)Nc1c(C)cccc1C. The first-order chi connectivity index (χ1) is 10.1. The van der Waals surface area contributed by atoms with E-state index in [0.29, 0.717) is 6.04 Å². The fourth-order valence-electron chi connectivity index (χ4n) is 3.13. The predicted octanol–water partition coefficient (Wildman–Crippen LogP) is 4.70. The fourth-order valence-corrected chi connectivity index (χ4v) is 3.50. The fraction of sp³-hybridized carbons (Fsp3) is 0.611. The van der Waals surface area contributed by atoms with Crippen molar-refractivity contribution in [1.29, 1.82) is 0 Å². The topological polar surface area (TPSA) is 15.3 Å². The highest BCUT2D eigenvalue weighted by atomic mass is 32.1. The van der Waals surface area contributed by atoms with E-state index in [9.17, 15) is 0 Å². The Kier molecular flexibility index (Phi) is 6.19. The van der Waals surface area contributed by atoms with Crippen LogP contribution in [0.3, 0.4) is 0 Å². The Morgan fingerprint density at radius 1 is 1.29 bits per heavy atom. The smallest absolute Gasteiger partial charge is 0.0972 e. The predicted molar refractivity (Wildman–Crippen MR) is 96.3 cm³/mol. The van der Waals surface area contributed by atoms with Crippen molar-refractivity contribution in [3.8, 4) is 0 Å². The molecule has 0 saturated carbocycles. The van der Waals surface area contributed by atoms with Crippen LogP contribution in [-0.2, 0) is 0 Å².